The van der Waals surface area contributed by atoms with Crippen LogP contribution in [0.5, 0.6) is 0 Å². The van der Waals surface area contributed by atoms with Crippen LogP contribution < -0.4 is 0 Å². The number of hydrogen-bond donors (Lipinski definition) is 0. The summed E-state index contributed by atoms with van der Waals surface area (Å²) in [6.45, 7) is 4.42. The smallest absolute Gasteiger partial charge is 0.331 e. The van der Waals surface area contributed by atoms with Gasteiger partial charge in [-0.25, -0.2) is 9.59 Å². The molecule has 134 valence electrons. The Balaban J connectivity index is 1.68. The van der Waals surface area contributed by atoms with Crippen molar-refractivity contribution in [2.75, 3.05) is 0 Å². The van der Waals surface area contributed by atoms with Crippen LogP contribution in [0.4, 0.5) is 0 Å². The molecule has 26 heavy (non-hydrogen) atoms. The molecule has 0 amide bonds. The number of benzene rings is 2. The first-order chi connectivity index (χ1) is 12.5. The van der Waals surface area contributed by atoms with Gasteiger partial charge in [-0.2, -0.15) is 0 Å². The molecule has 0 saturated carbocycles. The molecule has 0 aliphatic rings. The predicted molar refractivity (Wildman–Crippen MR) is 100 cm³/mol. The lowest BCUT2D eigenvalue weighted by molar-refractivity contribution is -0.140. The van der Waals surface area contributed by atoms with Crippen molar-refractivity contribution in [1.82, 2.24) is 0 Å². The van der Waals surface area contributed by atoms with E-state index in [-0.39, 0.29) is 13.2 Å². The first-order valence-electron chi connectivity index (χ1n) is 8.32. The maximum Gasteiger partial charge on any atom is 0.331 e. The molecule has 0 N–H and O–H groups in total. The van der Waals surface area contributed by atoms with Gasteiger partial charge in [-0.15, -0.1) is 0 Å². The lowest BCUT2D eigenvalue weighted by Gasteiger charge is -2.02. The van der Waals surface area contributed by atoms with Gasteiger partial charge in [0.05, 0.1) is 0 Å². The summed E-state index contributed by atoms with van der Waals surface area (Å²) in [7, 11) is 0. The third kappa shape index (κ3) is 7.18. The van der Waals surface area contributed by atoms with Crippen LogP contribution in [0.3, 0.4) is 0 Å². The third-order valence-electron chi connectivity index (χ3n) is 3.58. The standard InChI is InChI=1S/C22H22O4/c1-17-7-11-19(12-8-17)15-25-21(23)5-3-4-6-22(24)26-16-20-13-9-18(2)10-14-20/h3-14H,15-16H2,1-2H3/b5-3-,6-4-. The monoisotopic (exact) mass is 350 g/mol. The molecule has 0 radical (unpaired) electrons. The second-order valence-electron chi connectivity index (χ2n) is 5.90. The fourth-order valence-electron chi connectivity index (χ4n) is 2.04. The first kappa shape index (κ1) is 19.2. The quantitative estimate of drug-likeness (QED) is 0.427. The Bertz CT molecular complexity index is 714. The minimum absolute atomic E-state index is 0.214. The van der Waals surface area contributed by atoms with Crippen molar-refractivity contribution in [2.24, 2.45) is 0 Å². The van der Waals surface area contributed by atoms with Crippen LogP contribution in [0, 0.1) is 13.8 Å². The molecule has 0 fully saturated rings. The van der Waals surface area contributed by atoms with E-state index in [1.54, 1.807) is 0 Å². The van der Waals surface area contributed by atoms with Crippen molar-refractivity contribution in [3.8, 4) is 0 Å². The fourth-order valence-corrected chi connectivity index (χ4v) is 2.04. The highest BCUT2D eigenvalue weighted by Crippen LogP contribution is 2.06. The Hall–Kier alpha value is -3.14. The molecule has 4 heteroatoms. The van der Waals surface area contributed by atoms with Gasteiger partial charge in [-0.1, -0.05) is 71.8 Å². The van der Waals surface area contributed by atoms with Gasteiger partial charge in [0.25, 0.3) is 0 Å². The minimum Gasteiger partial charge on any atom is -0.458 e. The van der Waals surface area contributed by atoms with Crippen LogP contribution in [-0.2, 0) is 32.3 Å². The highest BCUT2D eigenvalue weighted by atomic mass is 16.5. The summed E-state index contributed by atoms with van der Waals surface area (Å²) in [4.78, 5) is 23.2. The van der Waals surface area contributed by atoms with Gasteiger partial charge in [-0.3, -0.25) is 0 Å². The zero-order valence-corrected chi connectivity index (χ0v) is 15.0. The van der Waals surface area contributed by atoms with Crippen molar-refractivity contribution in [1.29, 1.82) is 0 Å². The van der Waals surface area contributed by atoms with Crippen LogP contribution in [0.2, 0.25) is 0 Å². The van der Waals surface area contributed by atoms with Gasteiger partial charge in [0.2, 0.25) is 0 Å². The summed E-state index contributed by atoms with van der Waals surface area (Å²) in [6, 6.07) is 15.5. The van der Waals surface area contributed by atoms with Crippen LogP contribution in [0.15, 0.2) is 72.8 Å². The molecule has 0 spiro atoms. The van der Waals surface area contributed by atoms with E-state index in [4.69, 9.17) is 9.47 Å². The molecule has 0 atom stereocenters. The molecule has 2 rings (SSSR count). The largest absolute Gasteiger partial charge is 0.458 e. The number of allylic oxidation sites excluding steroid dienone is 2. The normalized spacial score (nSPS) is 11.0. The van der Waals surface area contributed by atoms with E-state index in [0.29, 0.717) is 0 Å². The van der Waals surface area contributed by atoms with E-state index in [1.807, 2.05) is 62.4 Å². The lowest BCUT2D eigenvalue weighted by atomic mass is 10.2. The molecule has 0 bridgehead atoms. The van der Waals surface area contributed by atoms with Gasteiger partial charge in [-0.05, 0) is 25.0 Å². The average Bonchev–Trinajstić information content (AvgIpc) is 2.64. The van der Waals surface area contributed by atoms with Crippen molar-refractivity contribution < 1.29 is 19.1 Å². The number of esters is 2. The zero-order chi connectivity index (χ0) is 18.8. The van der Waals surface area contributed by atoms with E-state index in [9.17, 15) is 9.59 Å². The van der Waals surface area contributed by atoms with E-state index < -0.39 is 11.9 Å². The second kappa shape index (κ2) is 9.99. The van der Waals surface area contributed by atoms with Crippen molar-refractivity contribution in [3.63, 3.8) is 0 Å². The summed E-state index contributed by atoms with van der Waals surface area (Å²) >= 11 is 0. The molecule has 4 nitrogen and oxygen atoms in total. The van der Waals surface area contributed by atoms with E-state index >= 15 is 0 Å². The van der Waals surface area contributed by atoms with E-state index in [2.05, 4.69) is 0 Å². The Kier molecular flexibility index (Phi) is 7.37. The summed E-state index contributed by atoms with van der Waals surface area (Å²) in [5, 5.41) is 0. The molecular weight excluding hydrogens is 328 g/mol. The first-order valence-corrected chi connectivity index (χ1v) is 8.32. The van der Waals surface area contributed by atoms with Gasteiger partial charge in [0.1, 0.15) is 13.2 Å². The highest BCUT2D eigenvalue weighted by molar-refractivity contribution is 5.84. The van der Waals surface area contributed by atoms with Crippen molar-refractivity contribution in [3.05, 3.63) is 95.1 Å². The molecule has 0 aliphatic carbocycles. The SMILES string of the molecule is Cc1ccc(COC(=O)/C=C\C=C/C(=O)OCc2ccc(C)cc2)cc1. The molecular formula is C22H22O4. The van der Waals surface area contributed by atoms with Gasteiger partial charge < -0.3 is 9.47 Å². The predicted octanol–water partition coefficient (Wildman–Crippen LogP) is 4.20. The topological polar surface area (TPSA) is 52.6 Å². The highest BCUT2D eigenvalue weighted by Gasteiger charge is 1.99. The van der Waals surface area contributed by atoms with Crippen molar-refractivity contribution in [2.45, 2.75) is 27.1 Å². The number of aryl methyl sites for hydroxylation is 2. The molecule has 0 aromatic heterocycles. The lowest BCUT2D eigenvalue weighted by Crippen LogP contribution is -2.01. The van der Waals surface area contributed by atoms with E-state index in [1.165, 1.54) is 24.3 Å². The molecule has 0 aliphatic heterocycles. The molecule has 0 heterocycles. The summed E-state index contributed by atoms with van der Waals surface area (Å²) in [5.41, 5.74) is 4.15. The Morgan fingerprint density at radius 3 is 1.38 bits per heavy atom. The van der Waals surface area contributed by atoms with Crippen LogP contribution in [-0.4, -0.2) is 11.9 Å². The Morgan fingerprint density at radius 1 is 0.692 bits per heavy atom. The number of hydrogen-bond acceptors (Lipinski definition) is 4. The zero-order valence-electron chi connectivity index (χ0n) is 15.0. The minimum atomic E-state index is -0.469. The third-order valence-corrected chi connectivity index (χ3v) is 3.58. The number of carbonyl (C=O) groups is 2. The van der Waals surface area contributed by atoms with Gasteiger partial charge in [0, 0.05) is 12.2 Å². The second-order valence-corrected chi connectivity index (χ2v) is 5.90. The summed E-state index contributed by atoms with van der Waals surface area (Å²) in [5.74, 6) is -0.938. The number of ether oxygens (including phenoxy) is 2. The molecule has 0 saturated heterocycles. The van der Waals surface area contributed by atoms with Gasteiger partial charge >= 0.3 is 11.9 Å². The number of rotatable bonds is 7. The fraction of sp³-hybridized carbons (Fsp3) is 0.182. The maximum absolute atomic E-state index is 11.6. The van der Waals surface area contributed by atoms with Crippen LogP contribution >= 0.6 is 0 Å². The Morgan fingerprint density at radius 2 is 1.04 bits per heavy atom. The molecule has 0 unspecified atom stereocenters. The number of carbonyl (C=O) groups excluding carboxylic acids is 2. The molecule has 2 aromatic carbocycles. The Labute approximate surface area is 153 Å². The van der Waals surface area contributed by atoms with Gasteiger partial charge in [0.15, 0.2) is 0 Å². The summed E-state index contributed by atoms with van der Waals surface area (Å²) in [6.07, 6.45) is 5.42. The molecule has 2 aromatic rings. The average molecular weight is 350 g/mol. The van der Waals surface area contributed by atoms with E-state index in [0.717, 1.165) is 22.3 Å². The maximum atomic E-state index is 11.6. The summed E-state index contributed by atoms with van der Waals surface area (Å²) < 4.78 is 10.2. The van der Waals surface area contributed by atoms with Crippen LogP contribution in [0.1, 0.15) is 22.3 Å². The van der Waals surface area contributed by atoms with Crippen molar-refractivity contribution >= 4 is 11.9 Å². The van der Waals surface area contributed by atoms with Crippen LogP contribution in [0.25, 0.3) is 0 Å².